The molecule has 0 aromatic heterocycles. The van der Waals surface area contributed by atoms with Gasteiger partial charge < -0.3 is 5.32 Å². The number of hydrogen-bond donors (Lipinski definition) is 1. The fourth-order valence-corrected chi connectivity index (χ4v) is 3.09. The van der Waals surface area contributed by atoms with Crippen LogP contribution in [0.1, 0.15) is 24.9 Å². The Hall–Kier alpha value is -0.910. The molecule has 106 valence electrons. The molecule has 1 heterocycles. The van der Waals surface area contributed by atoms with Crippen LogP contribution in [-0.4, -0.2) is 45.8 Å². The molecular formula is C14H22N2O2S. The minimum atomic E-state index is -3.10. The lowest BCUT2D eigenvalue weighted by Crippen LogP contribution is -2.30. The maximum Gasteiger partial charge on any atom is 0.175 e. The molecule has 19 heavy (non-hydrogen) atoms. The van der Waals surface area contributed by atoms with Crippen LogP contribution < -0.4 is 5.32 Å². The first-order valence-corrected chi connectivity index (χ1v) is 8.62. The third-order valence-electron chi connectivity index (χ3n) is 3.71. The molecule has 1 atom stereocenters. The Kier molecular flexibility index (Phi) is 4.60. The van der Waals surface area contributed by atoms with Crippen LogP contribution in [0.4, 0.5) is 0 Å². The van der Waals surface area contributed by atoms with Gasteiger partial charge in [0.2, 0.25) is 0 Å². The molecule has 0 bridgehead atoms. The number of hydrogen-bond acceptors (Lipinski definition) is 4. The first-order valence-electron chi connectivity index (χ1n) is 6.73. The van der Waals surface area contributed by atoms with Crippen molar-refractivity contribution in [2.75, 3.05) is 32.4 Å². The second-order valence-electron chi connectivity index (χ2n) is 5.16. The maximum atomic E-state index is 11.4. The fourth-order valence-electron chi connectivity index (χ4n) is 2.46. The summed E-state index contributed by atoms with van der Waals surface area (Å²) in [5, 5.41) is 3.39. The molecule has 5 heteroatoms. The molecule has 2 rings (SSSR count). The molecule has 1 aliphatic heterocycles. The summed E-state index contributed by atoms with van der Waals surface area (Å²) < 4.78 is 22.9. The molecule has 1 unspecified atom stereocenters. The molecule has 1 N–H and O–H groups in total. The number of sulfone groups is 1. The topological polar surface area (TPSA) is 49.4 Å². The Labute approximate surface area is 115 Å². The molecule has 0 aliphatic carbocycles. The Balaban J connectivity index is 2.12. The molecule has 4 nitrogen and oxygen atoms in total. The van der Waals surface area contributed by atoms with Gasteiger partial charge in [-0.25, -0.2) is 8.42 Å². The van der Waals surface area contributed by atoms with Crippen molar-refractivity contribution in [2.24, 2.45) is 0 Å². The highest BCUT2D eigenvalue weighted by Crippen LogP contribution is 2.22. The van der Waals surface area contributed by atoms with E-state index >= 15 is 0 Å². The largest absolute Gasteiger partial charge is 0.315 e. The minimum absolute atomic E-state index is 0.327. The van der Waals surface area contributed by atoms with Gasteiger partial charge in [0, 0.05) is 25.4 Å². The van der Waals surface area contributed by atoms with Gasteiger partial charge in [0.1, 0.15) is 0 Å². The number of rotatable bonds is 3. The summed E-state index contributed by atoms with van der Waals surface area (Å²) >= 11 is 0. The van der Waals surface area contributed by atoms with E-state index < -0.39 is 9.84 Å². The van der Waals surface area contributed by atoms with Crippen molar-refractivity contribution < 1.29 is 8.42 Å². The van der Waals surface area contributed by atoms with Crippen LogP contribution >= 0.6 is 0 Å². The molecule has 0 radical (unpaired) electrons. The summed E-state index contributed by atoms with van der Waals surface area (Å²) in [4.78, 5) is 2.83. The van der Waals surface area contributed by atoms with Crippen molar-refractivity contribution in [1.29, 1.82) is 0 Å². The first kappa shape index (κ1) is 14.5. The molecular weight excluding hydrogens is 260 g/mol. The lowest BCUT2D eigenvalue weighted by molar-refractivity contribution is 0.225. The summed E-state index contributed by atoms with van der Waals surface area (Å²) in [5.41, 5.74) is 1.18. The van der Waals surface area contributed by atoms with Crippen LogP contribution in [0.25, 0.3) is 0 Å². The van der Waals surface area contributed by atoms with Gasteiger partial charge in [-0.2, -0.15) is 0 Å². The Morgan fingerprint density at radius 3 is 2.47 bits per heavy atom. The molecule has 0 spiro atoms. The van der Waals surface area contributed by atoms with E-state index in [-0.39, 0.29) is 0 Å². The molecule has 0 amide bonds. The second-order valence-corrected chi connectivity index (χ2v) is 7.17. The Morgan fingerprint density at radius 2 is 1.84 bits per heavy atom. The zero-order valence-electron chi connectivity index (χ0n) is 11.6. The van der Waals surface area contributed by atoms with Crippen molar-refractivity contribution in [1.82, 2.24) is 10.2 Å². The lowest BCUT2D eigenvalue weighted by atomic mass is 10.1. The quantitative estimate of drug-likeness (QED) is 0.911. The molecule has 1 saturated heterocycles. The maximum absolute atomic E-state index is 11.4. The predicted octanol–water partition coefficient (Wildman–Crippen LogP) is 1.45. The third kappa shape index (κ3) is 3.78. The third-order valence-corrected chi connectivity index (χ3v) is 4.84. The Bertz CT molecular complexity index is 503. The number of nitrogens with one attached hydrogen (secondary N) is 1. The van der Waals surface area contributed by atoms with E-state index in [0.717, 1.165) is 32.6 Å². The molecule has 1 fully saturated rings. The summed E-state index contributed by atoms with van der Waals surface area (Å²) in [5.74, 6) is 0. The Morgan fingerprint density at radius 1 is 1.16 bits per heavy atom. The standard InChI is InChI=1S/C14H22N2O2S/c1-12(16-10-3-8-15-9-11-16)13-4-6-14(7-5-13)19(2,17)18/h4-7,12,15H,3,8-11H2,1-2H3. The average molecular weight is 282 g/mol. The average Bonchev–Trinajstić information content (AvgIpc) is 2.66. The first-order chi connectivity index (χ1) is 8.98. The summed E-state index contributed by atoms with van der Waals surface area (Å²) in [6, 6.07) is 7.60. The number of nitrogens with zero attached hydrogens (tertiary/aromatic N) is 1. The van der Waals surface area contributed by atoms with E-state index in [1.54, 1.807) is 12.1 Å². The van der Waals surface area contributed by atoms with Crippen LogP contribution in [0.2, 0.25) is 0 Å². The van der Waals surface area contributed by atoms with Gasteiger partial charge in [-0.1, -0.05) is 12.1 Å². The van der Waals surface area contributed by atoms with Crippen LogP contribution in [0.3, 0.4) is 0 Å². The summed E-state index contributed by atoms with van der Waals surface area (Å²) in [6.07, 6.45) is 2.40. The lowest BCUT2D eigenvalue weighted by Gasteiger charge is -2.27. The molecule has 1 aromatic rings. The van der Waals surface area contributed by atoms with Crippen LogP contribution in [0, 0.1) is 0 Å². The van der Waals surface area contributed by atoms with Crippen molar-refractivity contribution in [3.63, 3.8) is 0 Å². The van der Waals surface area contributed by atoms with Crippen molar-refractivity contribution in [2.45, 2.75) is 24.3 Å². The van der Waals surface area contributed by atoms with Gasteiger partial charge in [-0.3, -0.25) is 4.90 Å². The van der Waals surface area contributed by atoms with Crippen LogP contribution in [-0.2, 0) is 9.84 Å². The van der Waals surface area contributed by atoms with E-state index in [4.69, 9.17) is 0 Å². The van der Waals surface area contributed by atoms with E-state index in [0.29, 0.717) is 10.9 Å². The zero-order valence-corrected chi connectivity index (χ0v) is 12.4. The highest BCUT2D eigenvalue weighted by atomic mass is 32.2. The van der Waals surface area contributed by atoms with Gasteiger partial charge >= 0.3 is 0 Å². The predicted molar refractivity (Wildman–Crippen MR) is 77.0 cm³/mol. The van der Waals surface area contributed by atoms with Crippen LogP contribution in [0.15, 0.2) is 29.2 Å². The highest BCUT2D eigenvalue weighted by Gasteiger charge is 2.17. The highest BCUT2D eigenvalue weighted by molar-refractivity contribution is 7.90. The SMILES string of the molecule is CC(c1ccc(S(C)(=O)=O)cc1)N1CCCNCC1. The van der Waals surface area contributed by atoms with Crippen molar-refractivity contribution in [3.05, 3.63) is 29.8 Å². The van der Waals surface area contributed by atoms with E-state index in [2.05, 4.69) is 17.1 Å². The number of benzene rings is 1. The second kappa shape index (κ2) is 6.03. The normalized spacial score (nSPS) is 19.9. The minimum Gasteiger partial charge on any atom is -0.315 e. The van der Waals surface area contributed by atoms with Gasteiger partial charge in [0.15, 0.2) is 9.84 Å². The van der Waals surface area contributed by atoms with Crippen LogP contribution in [0.5, 0.6) is 0 Å². The smallest absolute Gasteiger partial charge is 0.175 e. The van der Waals surface area contributed by atoms with E-state index in [1.165, 1.54) is 11.8 Å². The fraction of sp³-hybridized carbons (Fsp3) is 0.571. The zero-order chi connectivity index (χ0) is 13.9. The summed E-state index contributed by atoms with van der Waals surface area (Å²) in [6.45, 7) is 6.40. The van der Waals surface area contributed by atoms with Gasteiger partial charge in [0.05, 0.1) is 4.90 Å². The van der Waals surface area contributed by atoms with E-state index in [1.807, 2.05) is 12.1 Å². The monoisotopic (exact) mass is 282 g/mol. The van der Waals surface area contributed by atoms with Gasteiger partial charge in [-0.05, 0) is 44.1 Å². The van der Waals surface area contributed by atoms with Crippen molar-refractivity contribution in [3.8, 4) is 0 Å². The molecule has 0 saturated carbocycles. The van der Waals surface area contributed by atoms with Crippen molar-refractivity contribution >= 4 is 9.84 Å². The summed E-state index contributed by atoms with van der Waals surface area (Å²) in [7, 11) is -3.10. The van der Waals surface area contributed by atoms with Gasteiger partial charge in [0.25, 0.3) is 0 Å². The van der Waals surface area contributed by atoms with Gasteiger partial charge in [-0.15, -0.1) is 0 Å². The molecule has 1 aromatic carbocycles. The molecule has 1 aliphatic rings. The van der Waals surface area contributed by atoms with E-state index in [9.17, 15) is 8.42 Å².